The first-order valence-electron chi connectivity index (χ1n) is 8.09. The third-order valence-electron chi connectivity index (χ3n) is 3.10. The fraction of sp³-hybridized carbons (Fsp3) is 0.158. The molecule has 9 heteroatoms. The molecule has 4 N–H and O–H groups in total. The average molecular weight is 414 g/mol. The number of rotatable bonds is 6. The van der Waals surface area contributed by atoms with Crippen LogP contribution in [0.15, 0.2) is 58.5 Å². The first kappa shape index (κ1) is 23.1. The molecule has 0 unspecified atom stereocenters. The van der Waals surface area contributed by atoms with Crippen molar-refractivity contribution in [2.24, 2.45) is 5.73 Å². The Morgan fingerprint density at radius 2 is 2.00 bits per heavy atom. The molecule has 2 rings (SSSR count). The zero-order valence-electron chi connectivity index (χ0n) is 15.9. The topological polar surface area (TPSA) is 115 Å². The van der Waals surface area contributed by atoms with Crippen molar-refractivity contribution < 1.29 is 0 Å². The second-order valence-electron chi connectivity index (χ2n) is 5.44. The summed E-state index contributed by atoms with van der Waals surface area (Å²) in [7, 11) is 3.76. The van der Waals surface area contributed by atoms with Crippen LogP contribution in [0.1, 0.15) is 11.3 Å². The summed E-state index contributed by atoms with van der Waals surface area (Å²) in [4.78, 5) is 11.4. The Labute approximate surface area is 175 Å². The molecule has 7 nitrogen and oxygen atoms in total. The first-order valence-corrected chi connectivity index (χ1v) is 9.76. The quantitative estimate of drug-likeness (QED) is 0.248. The lowest BCUT2D eigenvalue weighted by molar-refractivity contribution is 0.567. The number of aromatic nitrogens is 2. The van der Waals surface area contributed by atoms with E-state index in [0.717, 1.165) is 11.1 Å². The van der Waals surface area contributed by atoms with Gasteiger partial charge in [-0.3, -0.25) is 0 Å². The number of hydrogen-bond donors (Lipinski definition) is 4. The largest absolute Gasteiger partial charge is 0.403 e. The van der Waals surface area contributed by atoms with Crippen LogP contribution in [0.5, 0.6) is 0 Å². The molecule has 0 fully saturated rings. The maximum absolute atomic E-state index is 9.35. The molecule has 28 heavy (non-hydrogen) atoms. The Morgan fingerprint density at radius 3 is 2.43 bits per heavy atom. The van der Waals surface area contributed by atoms with E-state index >= 15 is 0 Å². The summed E-state index contributed by atoms with van der Waals surface area (Å²) in [5.74, 6) is 0.329. The fourth-order valence-electron chi connectivity index (χ4n) is 1.78. The fourth-order valence-corrected chi connectivity index (χ4v) is 2.32. The number of allylic oxidation sites excluding steroid dienone is 1. The molecule has 1 aromatic heterocycles. The third-order valence-corrected chi connectivity index (χ3v) is 3.94. The van der Waals surface area contributed by atoms with Gasteiger partial charge in [-0.2, -0.15) is 5.26 Å². The van der Waals surface area contributed by atoms with Gasteiger partial charge >= 0.3 is 0 Å². The van der Waals surface area contributed by atoms with E-state index in [1.807, 2.05) is 55.6 Å². The summed E-state index contributed by atoms with van der Waals surface area (Å²) in [6.07, 6.45) is 7.68. The molecule has 0 aliphatic rings. The number of hydrogen-bond acceptors (Lipinski definition) is 9. The van der Waals surface area contributed by atoms with Crippen molar-refractivity contribution in [3.05, 3.63) is 59.7 Å². The van der Waals surface area contributed by atoms with E-state index in [9.17, 15) is 5.26 Å². The van der Waals surface area contributed by atoms with E-state index in [2.05, 4.69) is 34.0 Å². The summed E-state index contributed by atoms with van der Waals surface area (Å²) in [5.41, 5.74) is 6.56. The minimum atomic E-state index is 0.298. The average Bonchev–Trinajstić information content (AvgIpc) is 2.70. The molecule has 0 aliphatic heterocycles. The van der Waals surface area contributed by atoms with Gasteiger partial charge in [0.05, 0.1) is 11.4 Å². The van der Waals surface area contributed by atoms with Crippen LogP contribution in [0.4, 0.5) is 5.82 Å². The predicted molar refractivity (Wildman–Crippen MR) is 120 cm³/mol. The van der Waals surface area contributed by atoms with E-state index in [-0.39, 0.29) is 0 Å². The van der Waals surface area contributed by atoms with Crippen molar-refractivity contribution >= 4 is 42.5 Å². The molecule has 0 amide bonds. The molecule has 0 atom stereocenters. The van der Waals surface area contributed by atoms with E-state index < -0.39 is 0 Å². The summed E-state index contributed by atoms with van der Waals surface area (Å²) in [6.45, 7) is 0. The van der Waals surface area contributed by atoms with E-state index in [4.69, 9.17) is 11.1 Å². The van der Waals surface area contributed by atoms with Gasteiger partial charge < -0.3 is 21.4 Å². The van der Waals surface area contributed by atoms with Crippen LogP contribution < -0.4 is 11.1 Å². The normalized spacial score (nSPS) is 10.6. The van der Waals surface area contributed by atoms with Crippen molar-refractivity contribution in [1.82, 2.24) is 14.9 Å². The highest BCUT2D eigenvalue weighted by molar-refractivity contribution is 7.98. The van der Waals surface area contributed by atoms with Gasteiger partial charge in [-0.25, -0.2) is 9.97 Å². The van der Waals surface area contributed by atoms with Gasteiger partial charge in [-0.1, -0.05) is 30.0 Å². The zero-order chi connectivity index (χ0) is 20.9. The van der Waals surface area contributed by atoms with Crippen LogP contribution in [0.3, 0.4) is 0 Å². The lowest BCUT2D eigenvalue weighted by Gasteiger charge is -2.11. The maximum atomic E-state index is 9.35. The Balaban J connectivity index is 0.000000467. The lowest BCUT2D eigenvalue weighted by Crippen LogP contribution is -2.09. The van der Waals surface area contributed by atoms with E-state index in [1.54, 1.807) is 12.3 Å². The highest BCUT2D eigenvalue weighted by Crippen LogP contribution is 2.22. The molecule has 2 aromatic rings. The molecule has 0 spiro atoms. The van der Waals surface area contributed by atoms with Crippen LogP contribution in [0.2, 0.25) is 0 Å². The number of nitrogens with two attached hydrogens (primary N) is 1. The van der Waals surface area contributed by atoms with Gasteiger partial charge in [0, 0.05) is 37.6 Å². The molecular weight excluding hydrogens is 390 g/mol. The van der Waals surface area contributed by atoms with Gasteiger partial charge in [0.15, 0.2) is 11.0 Å². The Bertz CT molecular complexity index is 872. The highest BCUT2D eigenvalue weighted by Gasteiger charge is 2.13. The van der Waals surface area contributed by atoms with Crippen molar-refractivity contribution in [1.29, 1.82) is 10.7 Å². The maximum Gasteiger partial charge on any atom is 0.189 e. The van der Waals surface area contributed by atoms with Crippen molar-refractivity contribution in [2.45, 2.75) is 10.1 Å². The van der Waals surface area contributed by atoms with E-state index in [0.29, 0.717) is 27.9 Å². The highest BCUT2D eigenvalue weighted by atomic mass is 32.2. The smallest absolute Gasteiger partial charge is 0.189 e. The summed E-state index contributed by atoms with van der Waals surface area (Å²) in [6, 6.07) is 11.9. The van der Waals surface area contributed by atoms with Gasteiger partial charge in [-0.15, -0.1) is 12.6 Å². The number of nitriles is 1. The molecule has 0 saturated carbocycles. The molecule has 0 saturated heterocycles. The molecule has 1 heterocycles. The summed E-state index contributed by atoms with van der Waals surface area (Å²) >= 11 is 5.45. The summed E-state index contributed by atoms with van der Waals surface area (Å²) < 4.78 is 0. The number of nitrogens with one attached hydrogen (secondary N) is 2. The molecular formula is C19H23N7S2. The number of thioether (sulfide) groups is 1. The SMILES string of the molecule is CSc1nc(/C=C/N(C)C)c(C#N)c(N/C(C=N)=C/N)n1.Sc1ccccc1. The molecule has 0 radical (unpaired) electrons. The van der Waals surface area contributed by atoms with Gasteiger partial charge in [0.2, 0.25) is 0 Å². The number of benzene rings is 1. The van der Waals surface area contributed by atoms with Crippen LogP contribution in [-0.2, 0) is 0 Å². The zero-order valence-corrected chi connectivity index (χ0v) is 17.6. The lowest BCUT2D eigenvalue weighted by atomic mass is 10.2. The van der Waals surface area contributed by atoms with Crippen molar-refractivity contribution in [3.63, 3.8) is 0 Å². The van der Waals surface area contributed by atoms with Gasteiger partial charge in [0.25, 0.3) is 0 Å². The Kier molecular flexibility index (Phi) is 10.2. The van der Waals surface area contributed by atoms with Crippen molar-refractivity contribution in [3.8, 4) is 6.07 Å². The second-order valence-corrected chi connectivity index (χ2v) is 6.73. The number of nitrogens with zero attached hydrogens (tertiary/aromatic N) is 4. The minimum Gasteiger partial charge on any atom is -0.403 e. The van der Waals surface area contributed by atoms with E-state index in [1.165, 1.54) is 18.0 Å². The minimum absolute atomic E-state index is 0.298. The van der Waals surface area contributed by atoms with Crippen LogP contribution in [-0.4, -0.2) is 41.4 Å². The molecule has 0 aliphatic carbocycles. The van der Waals surface area contributed by atoms with Crippen LogP contribution >= 0.6 is 24.4 Å². The van der Waals surface area contributed by atoms with Gasteiger partial charge in [-0.05, 0) is 24.5 Å². The van der Waals surface area contributed by atoms with Gasteiger partial charge in [0.1, 0.15) is 11.6 Å². The Morgan fingerprint density at radius 1 is 1.32 bits per heavy atom. The standard InChI is InChI=1S/C13H17N7S.C6H6S/c1-20(2)5-4-11-10(8-16)12(17-9(6-14)7-15)19-13(18-11)21-3;7-6-4-2-1-3-5-6/h4-7,14H,15H2,1-3H3,(H,17,18,19);1-5,7H/b5-4+,9-7+,14-6?;. The number of anilines is 1. The van der Waals surface area contributed by atoms with Crippen LogP contribution in [0.25, 0.3) is 6.08 Å². The predicted octanol–water partition coefficient (Wildman–Crippen LogP) is 3.44. The summed E-state index contributed by atoms with van der Waals surface area (Å²) in [5, 5.41) is 20.0. The third kappa shape index (κ3) is 7.73. The van der Waals surface area contributed by atoms with Crippen molar-refractivity contribution in [2.75, 3.05) is 25.7 Å². The molecule has 0 bridgehead atoms. The molecule has 146 valence electrons. The van der Waals surface area contributed by atoms with Crippen LogP contribution in [0, 0.1) is 16.7 Å². The monoisotopic (exact) mass is 413 g/mol. The number of thiol groups is 1. The Hall–Kier alpha value is -2.96. The first-order chi connectivity index (χ1) is 13.4. The molecule has 1 aromatic carbocycles. The second kappa shape index (κ2) is 12.4.